The number of hydrogen-bond donors (Lipinski definition) is 0. The van der Waals surface area contributed by atoms with Crippen molar-refractivity contribution in [3.8, 4) is 0 Å². The van der Waals surface area contributed by atoms with Crippen LogP contribution in [0.25, 0.3) is 5.70 Å². The Morgan fingerprint density at radius 3 is 2.25 bits per heavy atom. The SMILES string of the molecule is C=C(c1cccc(C(C)(C)C)c1F)N(C)C. The van der Waals surface area contributed by atoms with Gasteiger partial charge in [-0.2, -0.15) is 0 Å². The van der Waals surface area contributed by atoms with Crippen LogP contribution in [0, 0.1) is 5.82 Å². The van der Waals surface area contributed by atoms with Crippen molar-refractivity contribution in [2.45, 2.75) is 26.2 Å². The second-order valence-corrected chi connectivity index (χ2v) is 5.26. The van der Waals surface area contributed by atoms with E-state index in [1.54, 1.807) is 6.07 Å². The maximum absolute atomic E-state index is 14.3. The minimum absolute atomic E-state index is 0.159. The Morgan fingerprint density at radius 1 is 1.25 bits per heavy atom. The number of nitrogens with zero attached hydrogens (tertiary/aromatic N) is 1. The molecule has 1 nitrogen and oxygen atoms in total. The molecule has 0 saturated heterocycles. The second kappa shape index (κ2) is 4.28. The normalized spacial score (nSPS) is 11.4. The first-order chi connectivity index (χ1) is 7.25. The van der Waals surface area contributed by atoms with Crippen LogP contribution in [0.2, 0.25) is 0 Å². The van der Waals surface area contributed by atoms with Gasteiger partial charge in [0.1, 0.15) is 5.82 Å². The van der Waals surface area contributed by atoms with Gasteiger partial charge in [-0.25, -0.2) is 4.39 Å². The van der Waals surface area contributed by atoms with Crippen molar-refractivity contribution < 1.29 is 4.39 Å². The smallest absolute Gasteiger partial charge is 0.136 e. The lowest BCUT2D eigenvalue weighted by Crippen LogP contribution is -2.16. The first-order valence-electron chi connectivity index (χ1n) is 5.40. The quantitative estimate of drug-likeness (QED) is 0.736. The molecular formula is C14H20FN. The summed E-state index contributed by atoms with van der Waals surface area (Å²) in [6, 6.07) is 5.49. The van der Waals surface area contributed by atoms with E-state index in [1.165, 1.54) is 0 Å². The van der Waals surface area contributed by atoms with Gasteiger partial charge >= 0.3 is 0 Å². The highest BCUT2D eigenvalue weighted by Gasteiger charge is 2.21. The topological polar surface area (TPSA) is 3.24 Å². The zero-order valence-corrected chi connectivity index (χ0v) is 10.8. The average Bonchev–Trinajstić information content (AvgIpc) is 2.15. The van der Waals surface area contributed by atoms with Crippen LogP contribution < -0.4 is 0 Å². The molecule has 1 aromatic rings. The zero-order chi connectivity index (χ0) is 12.5. The molecule has 1 rings (SSSR count). The fraction of sp³-hybridized carbons (Fsp3) is 0.429. The van der Waals surface area contributed by atoms with Gasteiger partial charge in [-0.3, -0.25) is 0 Å². The molecule has 0 saturated carbocycles. The fourth-order valence-corrected chi connectivity index (χ4v) is 1.57. The van der Waals surface area contributed by atoms with Crippen LogP contribution in [0.15, 0.2) is 24.8 Å². The van der Waals surface area contributed by atoms with Gasteiger partial charge in [0.05, 0.1) is 0 Å². The molecule has 0 aliphatic carbocycles. The molecule has 0 aliphatic heterocycles. The van der Waals surface area contributed by atoms with E-state index >= 15 is 0 Å². The van der Waals surface area contributed by atoms with Crippen LogP contribution in [0.1, 0.15) is 31.9 Å². The summed E-state index contributed by atoms with van der Waals surface area (Å²) >= 11 is 0. The van der Waals surface area contributed by atoms with Crippen molar-refractivity contribution in [1.82, 2.24) is 4.90 Å². The summed E-state index contributed by atoms with van der Waals surface area (Å²) in [5, 5.41) is 0. The number of benzene rings is 1. The molecular weight excluding hydrogens is 201 g/mol. The summed E-state index contributed by atoms with van der Waals surface area (Å²) in [6.07, 6.45) is 0. The molecule has 0 N–H and O–H groups in total. The summed E-state index contributed by atoms with van der Waals surface area (Å²) in [6.45, 7) is 9.92. The zero-order valence-electron chi connectivity index (χ0n) is 10.8. The van der Waals surface area contributed by atoms with Crippen molar-refractivity contribution in [2.24, 2.45) is 0 Å². The van der Waals surface area contributed by atoms with Crippen LogP contribution in [0.3, 0.4) is 0 Å². The highest BCUT2D eigenvalue weighted by Crippen LogP contribution is 2.29. The third-order valence-electron chi connectivity index (χ3n) is 2.66. The lowest BCUT2D eigenvalue weighted by molar-refractivity contribution is 0.514. The highest BCUT2D eigenvalue weighted by atomic mass is 19.1. The standard InChI is InChI=1S/C14H20FN/c1-10(16(5)6)11-8-7-9-12(13(11)15)14(2,3)4/h7-9H,1H2,2-6H3. The summed E-state index contributed by atoms with van der Waals surface area (Å²) in [5.74, 6) is -0.159. The van der Waals surface area contributed by atoms with Crippen molar-refractivity contribution in [2.75, 3.05) is 14.1 Å². The molecule has 0 bridgehead atoms. The summed E-state index contributed by atoms with van der Waals surface area (Å²) in [7, 11) is 3.73. The second-order valence-electron chi connectivity index (χ2n) is 5.26. The third-order valence-corrected chi connectivity index (χ3v) is 2.66. The molecule has 1 aromatic carbocycles. The fourth-order valence-electron chi connectivity index (χ4n) is 1.57. The van der Waals surface area contributed by atoms with E-state index in [2.05, 4.69) is 6.58 Å². The van der Waals surface area contributed by atoms with Crippen LogP contribution in [-0.4, -0.2) is 19.0 Å². The van der Waals surface area contributed by atoms with Crippen molar-refractivity contribution in [3.63, 3.8) is 0 Å². The average molecular weight is 221 g/mol. The van der Waals surface area contributed by atoms with Gasteiger partial charge in [-0.15, -0.1) is 0 Å². The Kier molecular flexibility index (Phi) is 3.41. The minimum atomic E-state index is -0.188. The molecule has 0 radical (unpaired) electrons. The Labute approximate surface area is 97.6 Å². The van der Waals surface area contributed by atoms with E-state index in [1.807, 2.05) is 51.9 Å². The number of rotatable bonds is 2. The third kappa shape index (κ3) is 2.43. The molecule has 0 fully saturated rings. The molecule has 0 aliphatic rings. The minimum Gasteiger partial charge on any atom is -0.378 e. The lowest BCUT2D eigenvalue weighted by Gasteiger charge is -2.23. The van der Waals surface area contributed by atoms with Gasteiger partial charge < -0.3 is 4.90 Å². The van der Waals surface area contributed by atoms with E-state index < -0.39 is 0 Å². The Morgan fingerprint density at radius 2 is 1.81 bits per heavy atom. The van der Waals surface area contributed by atoms with E-state index in [4.69, 9.17) is 0 Å². The predicted molar refractivity (Wildman–Crippen MR) is 67.8 cm³/mol. The van der Waals surface area contributed by atoms with Gasteiger partial charge in [-0.1, -0.05) is 39.5 Å². The molecule has 0 atom stereocenters. The molecule has 0 amide bonds. The van der Waals surface area contributed by atoms with Crippen LogP contribution in [-0.2, 0) is 5.41 Å². The van der Waals surface area contributed by atoms with E-state index in [-0.39, 0.29) is 11.2 Å². The predicted octanol–water partition coefficient (Wildman–Crippen LogP) is 3.66. The van der Waals surface area contributed by atoms with Gasteiger partial charge in [-0.05, 0) is 17.0 Å². The molecule has 0 heterocycles. The van der Waals surface area contributed by atoms with E-state index in [9.17, 15) is 4.39 Å². The number of halogens is 1. The van der Waals surface area contributed by atoms with Crippen molar-refractivity contribution >= 4 is 5.70 Å². The molecule has 0 spiro atoms. The molecule has 2 heteroatoms. The molecule has 16 heavy (non-hydrogen) atoms. The van der Waals surface area contributed by atoms with Gasteiger partial charge in [0.15, 0.2) is 0 Å². The number of hydrogen-bond acceptors (Lipinski definition) is 1. The van der Waals surface area contributed by atoms with Crippen molar-refractivity contribution in [3.05, 3.63) is 41.7 Å². The maximum Gasteiger partial charge on any atom is 0.136 e. The molecule has 0 unspecified atom stereocenters. The van der Waals surface area contributed by atoms with Crippen LogP contribution >= 0.6 is 0 Å². The Bertz CT molecular complexity index is 400. The largest absolute Gasteiger partial charge is 0.378 e. The van der Waals surface area contributed by atoms with E-state index in [0.717, 1.165) is 5.56 Å². The summed E-state index contributed by atoms with van der Waals surface area (Å²) in [4.78, 5) is 1.82. The summed E-state index contributed by atoms with van der Waals surface area (Å²) in [5.41, 5.74) is 1.82. The van der Waals surface area contributed by atoms with Gasteiger partial charge in [0.2, 0.25) is 0 Å². The Balaban J connectivity index is 3.30. The monoisotopic (exact) mass is 221 g/mol. The van der Waals surface area contributed by atoms with Crippen molar-refractivity contribution in [1.29, 1.82) is 0 Å². The first kappa shape index (κ1) is 12.8. The summed E-state index contributed by atoms with van der Waals surface area (Å²) < 4.78 is 14.3. The molecule has 0 aromatic heterocycles. The lowest BCUT2D eigenvalue weighted by atomic mass is 9.85. The highest BCUT2D eigenvalue weighted by molar-refractivity contribution is 5.63. The maximum atomic E-state index is 14.3. The van der Waals surface area contributed by atoms with Gasteiger partial charge in [0.25, 0.3) is 0 Å². The first-order valence-corrected chi connectivity index (χ1v) is 5.40. The van der Waals surface area contributed by atoms with E-state index in [0.29, 0.717) is 11.3 Å². The van der Waals surface area contributed by atoms with Gasteiger partial charge in [0, 0.05) is 25.4 Å². The molecule has 88 valence electrons. The van der Waals surface area contributed by atoms with Crippen LogP contribution in [0.4, 0.5) is 4.39 Å². The Hall–Kier alpha value is -1.31. The van der Waals surface area contributed by atoms with Crippen LogP contribution in [0.5, 0.6) is 0 Å².